The first kappa shape index (κ1) is 25.0. The van der Waals surface area contributed by atoms with Gasteiger partial charge >= 0.3 is 5.97 Å². The van der Waals surface area contributed by atoms with Crippen LogP contribution in [-0.2, 0) is 14.4 Å². The number of allylic oxidation sites excluding steroid dienone is 2. The highest BCUT2D eigenvalue weighted by Crippen LogP contribution is 2.65. The van der Waals surface area contributed by atoms with Crippen LogP contribution < -0.4 is 5.32 Å². The first-order valence-corrected chi connectivity index (χ1v) is 13.4. The molecule has 7 heteroatoms. The highest BCUT2D eigenvalue weighted by molar-refractivity contribution is 5.96. The maximum Gasteiger partial charge on any atom is 0.330 e. The van der Waals surface area contributed by atoms with Gasteiger partial charge in [-0.1, -0.05) is 54.9 Å². The van der Waals surface area contributed by atoms with Gasteiger partial charge in [0.25, 0.3) is 5.91 Å². The molecule has 0 unspecified atom stereocenters. The molecule has 5 rings (SSSR count). The standard InChI is InChI=1S/C29H38N2O5/c1-28-14-12-20(31-36-17-25(33)30-26(27(34)35)18-6-4-3-5-7-18)16-19(28)8-9-21-22-10-11-24(32)29(22,2)15-13-23(21)28/h3-7,16,21-24,26,32H,8-15,17H2,1-2H3,(H,30,33)(H,34,35)/b31-20-/t21-,22-,23-,24+,26+,28+,29+/m1/s1. The molecule has 1 amide bonds. The lowest BCUT2D eigenvalue weighted by Crippen LogP contribution is -2.51. The van der Waals surface area contributed by atoms with E-state index in [1.807, 2.05) is 0 Å². The van der Waals surface area contributed by atoms with Gasteiger partial charge in [-0.3, -0.25) is 4.79 Å². The zero-order chi connectivity index (χ0) is 25.5. The van der Waals surface area contributed by atoms with E-state index in [9.17, 15) is 19.8 Å². The molecule has 1 aromatic rings. The van der Waals surface area contributed by atoms with Crippen LogP contribution in [-0.4, -0.2) is 40.5 Å². The Kier molecular flexibility index (Phi) is 6.70. The number of oxime groups is 1. The monoisotopic (exact) mass is 494 g/mol. The van der Waals surface area contributed by atoms with Crippen molar-refractivity contribution >= 4 is 17.6 Å². The zero-order valence-electron chi connectivity index (χ0n) is 21.3. The number of hydrogen-bond donors (Lipinski definition) is 3. The molecule has 3 saturated carbocycles. The van der Waals surface area contributed by atoms with E-state index in [1.165, 1.54) is 18.4 Å². The van der Waals surface area contributed by atoms with Gasteiger partial charge in [0.05, 0.1) is 11.8 Å². The smallest absolute Gasteiger partial charge is 0.330 e. The number of carbonyl (C=O) groups excluding carboxylic acids is 1. The number of nitrogens with zero attached hydrogens (tertiary/aromatic N) is 1. The highest BCUT2D eigenvalue weighted by atomic mass is 16.6. The molecule has 4 aliphatic carbocycles. The number of carboxylic acids is 1. The van der Waals surface area contributed by atoms with E-state index in [1.54, 1.807) is 30.3 Å². The average molecular weight is 495 g/mol. The summed E-state index contributed by atoms with van der Waals surface area (Å²) >= 11 is 0. The lowest BCUT2D eigenvalue weighted by molar-refractivity contribution is -0.142. The van der Waals surface area contributed by atoms with E-state index in [4.69, 9.17) is 4.84 Å². The lowest BCUT2D eigenvalue weighted by atomic mass is 9.47. The minimum atomic E-state index is -1.12. The predicted molar refractivity (Wildman–Crippen MR) is 136 cm³/mol. The number of nitrogens with one attached hydrogen (secondary N) is 1. The van der Waals surface area contributed by atoms with Gasteiger partial charge in [-0.25, -0.2) is 4.79 Å². The molecule has 0 saturated heterocycles. The Hall–Kier alpha value is -2.67. The molecule has 7 atom stereocenters. The van der Waals surface area contributed by atoms with E-state index < -0.39 is 17.9 Å². The highest BCUT2D eigenvalue weighted by Gasteiger charge is 2.58. The third-order valence-corrected chi connectivity index (χ3v) is 9.99. The molecular formula is C29H38N2O5. The third-order valence-electron chi connectivity index (χ3n) is 9.99. The Balaban J connectivity index is 1.21. The molecule has 3 fully saturated rings. The predicted octanol–water partition coefficient (Wildman–Crippen LogP) is 4.62. The van der Waals surface area contributed by atoms with Gasteiger partial charge in [0.2, 0.25) is 0 Å². The van der Waals surface area contributed by atoms with Crippen LogP contribution >= 0.6 is 0 Å². The van der Waals surface area contributed by atoms with E-state index >= 15 is 0 Å². The van der Waals surface area contributed by atoms with Crippen LogP contribution in [0.25, 0.3) is 0 Å². The number of rotatable bonds is 6. The fourth-order valence-electron chi connectivity index (χ4n) is 7.93. The van der Waals surface area contributed by atoms with Crippen LogP contribution in [0.4, 0.5) is 0 Å². The summed E-state index contributed by atoms with van der Waals surface area (Å²) in [6.07, 6.45) is 10.5. The molecule has 4 aliphatic rings. The minimum Gasteiger partial charge on any atom is -0.479 e. The second-order valence-electron chi connectivity index (χ2n) is 11.7. The number of aliphatic hydroxyl groups excluding tert-OH is 1. The Morgan fingerprint density at radius 3 is 2.61 bits per heavy atom. The molecule has 1 aromatic carbocycles. The molecule has 194 valence electrons. The van der Waals surface area contributed by atoms with Gasteiger partial charge in [0.15, 0.2) is 12.6 Å². The molecule has 3 N–H and O–H groups in total. The second kappa shape index (κ2) is 9.66. The van der Waals surface area contributed by atoms with Crippen LogP contribution in [0, 0.1) is 28.6 Å². The van der Waals surface area contributed by atoms with Crippen molar-refractivity contribution in [2.45, 2.75) is 77.4 Å². The molecule has 36 heavy (non-hydrogen) atoms. The number of aliphatic hydroxyl groups is 1. The van der Waals surface area contributed by atoms with Crippen molar-refractivity contribution in [1.82, 2.24) is 5.32 Å². The van der Waals surface area contributed by atoms with Gasteiger partial charge in [-0.05, 0) is 91.6 Å². The Labute approximate surface area is 213 Å². The summed E-state index contributed by atoms with van der Waals surface area (Å²) in [4.78, 5) is 29.3. The largest absolute Gasteiger partial charge is 0.479 e. The normalized spacial score (nSPS) is 37.2. The zero-order valence-corrected chi connectivity index (χ0v) is 21.3. The quantitative estimate of drug-likeness (QED) is 0.500. The van der Waals surface area contributed by atoms with Gasteiger partial charge in [-0.2, -0.15) is 0 Å². The van der Waals surface area contributed by atoms with Crippen LogP contribution in [0.1, 0.15) is 76.8 Å². The molecular weight excluding hydrogens is 456 g/mol. The summed E-state index contributed by atoms with van der Waals surface area (Å²) in [5.74, 6) is 0.330. The Morgan fingerprint density at radius 1 is 1.08 bits per heavy atom. The van der Waals surface area contributed by atoms with Crippen molar-refractivity contribution < 1.29 is 24.6 Å². The molecule has 0 aliphatic heterocycles. The molecule has 0 bridgehead atoms. The lowest BCUT2D eigenvalue weighted by Gasteiger charge is -2.57. The summed E-state index contributed by atoms with van der Waals surface area (Å²) in [6, 6.07) is 7.48. The third kappa shape index (κ3) is 4.36. The fraction of sp³-hybridized carbons (Fsp3) is 0.621. The topological polar surface area (TPSA) is 108 Å². The van der Waals surface area contributed by atoms with Gasteiger partial charge in [-0.15, -0.1) is 0 Å². The number of carbonyl (C=O) groups is 2. The Morgan fingerprint density at radius 2 is 1.86 bits per heavy atom. The van der Waals surface area contributed by atoms with E-state index in [-0.39, 0.29) is 23.5 Å². The van der Waals surface area contributed by atoms with E-state index in [0.717, 1.165) is 44.2 Å². The van der Waals surface area contributed by atoms with Crippen molar-refractivity contribution in [3.8, 4) is 0 Å². The summed E-state index contributed by atoms with van der Waals surface area (Å²) in [6.45, 7) is 4.41. The van der Waals surface area contributed by atoms with Crippen molar-refractivity contribution in [2.75, 3.05) is 6.61 Å². The average Bonchev–Trinajstić information content (AvgIpc) is 3.17. The number of amides is 1. The molecule has 0 heterocycles. The summed E-state index contributed by atoms with van der Waals surface area (Å²) in [7, 11) is 0. The summed E-state index contributed by atoms with van der Waals surface area (Å²) in [5.41, 5.74) is 3.06. The number of benzene rings is 1. The second-order valence-corrected chi connectivity index (χ2v) is 11.7. The first-order valence-electron chi connectivity index (χ1n) is 13.4. The van der Waals surface area contributed by atoms with E-state index in [2.05, 4.69) is 30.4 Å². The number of aliphatic carboxylic acids is 1. The van der Waals surface area contributed by atoms with Crippen molar-refractivity contribution in [2.24, 2.45) is 33.7 Å². The van der Waals surface area contributed by atoms with Crippen molar-refractivity contribution in [3.05, 3.63) is 47.5 Å². The summed E-state index contributed by atoms with van der Waals surface area (Å²) in [5, 5.41) is 26.9. The SMILES string of the molecule is C[C@]12CC[C@@H]3[C@H](CCC4=C/C(=N\OCC(=O)N[C@H](C(=O)O)c5ccccc5)CC[C@@]43C)[C@H]1CC[C@@H]2O. The molecule has 0 aromatic heterocycles. The first-order chi connectivity index (χ1) is 17.2. The van der Waals surface area contributed by atoms with Crippen molar-refractivity contribution in [1.29, 1.82) is 0 Å². The van der Waals surface area contributed by atoms with Crippen LogP contribution in [0.3, 0.4) is 0 Å². The number of hydrogen-bond acceptors (Lipinski definition) is 5. The maximum atomic E-state index is 12.3. The van der Waals surface area contributed by atoms with Gasteiger partial charge < -0.3 is 20.4 Å². The molecule has 0 spiro atoms. The molecule has 7 nitrogen and oxygen atoms in total. The van der Waals surface area contributed by atoms with Crippen LogP contribution in [0.2, 0.25) is 0 Å². The Bertz CT molecular complexity index is 1070. The fourth-order valence-corrected chi connectivity index (χ4v) is 7.93. The number of fused-ring (bicyclic) bond motifs is 5. The van der Waals surface area contributed by atoms with Crippen LogP contribution in [0.5, 0.6) is 0 Å². The van der Waals surface area contributed by atoms with E-state index in [0.29, 0.717) is 23.3 Å². The maximum absolute atomic E-state index is 12.3. The van der Waals surface area contributed by atoms with Crippen LogP contribution in [0.15, 0.2) is 47.1 Å². The summed E-state index contributed by atoms with van der Waals surface area (Å²) < 4.78 is 0. The number of carboxylic acid groups (broad SMARTS) is 1. The van der Waals surface area contributed by atoms with Gasteiger partial charge in [0, 0.05) is 0 Å². The van der Waals surface area contributed by atoms with Gasteiger partial charge in [0.1, 0.15) is 0 Å². The minimum absolute atomic E-state index is 0.0919. The molecule has 0 radical (unpaired) electrons. The van der Waals surface area contributed by atoms with Crippen molar-refractivity contribution in [3.63, 3.8) is 0 Å².